The molecule has 2 aromatic rings. The minimum absolute atomic E-state index is 0.0121. The van der Waals surface area contributed by atoms with Gasteiger partial charge < -0.3 is 10.2 Å². The Bertz CT molecular complexity index is 724. The molecule has 2 rings (SSSR count). The third kappa shape index (κ3) is 5.45. The van der Waals surface area contributed by atoms with Gasteiger partial charge in [-0.25, -0.2) is 0 Å². The zero-order chi connectivity index (χ0) is 19.1. The lowest BCUT2D eigenvalue weighted by molar-refractivity contribution is -0.130. The van der Waals surface area contributed by atoms with E-state index in [1.807, 2.05) is 49.4 Å². The summed E-state index contributed by atoms with van der Waals surface area (Å²) in [5, 5.41) is 2.72. The molecule has 1 N–H and O–H groups in total. The summed E-state index contributed by atoms with van der Waals surface area (Å²) in [5.41, 5.74) is 2.71. The molecule has 0 spiro atoms. The highest BCUT2D eigenvalue weighted by molar-refractivity contribution is 5.96. The maximum absolute atomic E-state index is 12.3. The lowest BCUT2D eigenvalue weighted by Crippen LogP contribution is -2.42. The van der Waals surface area contributed by atoms with Gasteiger partial charge in [0.25, 0.3) is 5.91 Å². The van der Waals surface area contributed by atoms with Crippen molar-refractivity contribution >= 4 is 11.8 Å². The van der Waals surface area contributed by atoms with Gasteiger partial charge in [-0.05, 0) is 42.5 Å². The number of rotatable bonds is 7. The van der Waals surface area contributed by atoms with E-state index in [9.17, 15) is 9.59 Å². The maximum Gasteiger partial charge on any atom is 0.251 e. The van der Waals surface area contributed by atoms with Gasteiger partial charge in [0.1, 0.15) is 0 Å². The lowest BCUT2D eigenvalue weighted by Gasteiger charge is -2.26. The fourth-order valence-corrected chi connectivity index (χ4v) is 2.91. The lowest BCUT2D eigenvalue weighted by atomic mass is 10.0. The first kappa shape index (κ1) is 19.7. The molecule has 0 unspecified atom stereocenters. The number of hydrogen-bond donors (Lipinski definition) is 1. The summed E-state index contributed by atoms with van der Waals surface area (Å²) in [6, 6.07) is 17.6. The number of carbonyl (C=O) groups is 2. The van der Waals surface area contributed by atoms with Gasteiger partial charge in [-0.2, -0.15) is 0 Å². The summed E-state index contributed by atoms with van der Waals surface area (Å²) < 4.78 is 0. The average Bonchev–Trinajstić information content (AvgIpc) is 2.65. The highest BCUT2D eigenvalue weighted by atomic mass is 16.2. The number of benzene rings is 2. The Morgan fingerprint density at radius 3 is 2.08 bits per heavy atom. The number of likely N-dealkylation sites (N-methyl/N-ethyl adjacent to an activating group) is 1. The van der Waals surface area contributed by atoms with Crippen molar-refractivity contribution in [1.82, 2.24) is 10.2 Å². The average molecular weight is 352 g/mol. The molecule has 0 saturated carbocycles. The Morgan fingerprint density at radius 1 is 0.923 bits per heavy atom. The second-order valence-corrected chi connectivity index (χ2v) is 7.11. The topological polar surface area (TPSA) is 49.4 Å². The van der Waals surface area contributed by atoms with Crippen LogP contribution in [0.15, 0.2) is 54.6 Å². The molecule has 0 saturated heterocycles. The minimum Gasteiger partial charge on any atom is -0.343 e. The largest absolute Gasteiger partial charge is 0.343 e. The van der Waals surface area contributed by atoms with Crippen molar-refractivity contribution in [2.24, 2.45) is 5.92 Å². The van der Waals surface area contributed by atoms with Crippen LogP contribution in [0.2, 0.25) is 0 Å². The number of nitrogens with one attached hydrogen (secondary N) is 1. The van der Waals surface area contributed by atoms with Crippen molar-refractivity contribution in [2.45, 2.75) is 33.2 Å². The molecule has 26 heavy (non-hydrogen) atoms. The van der Waals surface area contributed by atoms with Crippen LogP contribution in [0.1, 0.15) is 37.6 Å². The number of carbonyl (C=O) groups excluding carboxylic acids is 2. The Labute approximate surface area is 156 Å². The molecule has 0 aliphatic carbocycles. The first-order valence-corrected chi connectivity index (χ1v) is 9.07. The molecule has 0 aliphatic heterocycles. The van der Waals surface area contributed by atoms with E-state index >= 15 is 0 Å². The molecular weight excluding hydrogens is 324 g/mol. The van der Waals surface area contributed by atoms with Crippen LogP contribution >= 0.6 is 0 Å². The second-order valence-electron chi connectivity index (χ2n) is 7.11. The minimum atomic E-state index is -0.233. The Morgan fingerprint density at radius 2 is 1.50 bits per heavy atom. The van der Waals surface area contributed by atoms with Crippen LogP contribution in [-0.4, -0.2) is 36.3 Å². The van der Waals surface area contributed by atoms with E-state index in [1.165, 1.54) is 0 Å². The molecule has 4 heteroatoms. The van der Waals surface area contributed by atoms with Gasteiger partial charge in [0, 0.05) is 18.7 Å². The Kier molecular flexibility index (Phi) is 6.96. The first-order chi connectivity index (χ1) is 12.4. The van der Waals surface area contributed by atoms with Crippen molar-refractivity contribution in [1.29, 1.82) is 0 Å². The molecular formula is C22H28N2O2. The zero-order valence-electron chi connectivity index (χ0n) is 16.0. The van der Waals surface area contributed by atoms with Gasteiger partial charge in [0.15, 0.2) is 0 Å². The second kappa shape index (κ2) is 9.18. The van der Waals surface area contributed by atoms with E-state index in [-0.39, 0.29) is 24.4 Å². The van der Waals surface area contributed by atoms with E-state index in [0.717, 1.165) is 17.5 Å². The van der Waals surface area contributed by atoms with Crippen LogP contribution in [0, 0.1) is 5.92 Å². The van der Waals surface area contributed by atoms with E-state index < -0.39 is 0 Å². The van der Waals surface area contributed by atoms with E-state index in [2.05, 4.69) is 19.2 Å². The molecule has 0 heterocycles. The molecule has 0 radical (unpaired) electrons. The molecule has 1 atom stereocenters. The monoisotopic (exact) mass is 352 g/mol. The summed E-state index contributed by atoms with van der Waals surface area (Å²) in [6.07, 6.45) is 0.942. The molecule has 2 amide bonds. The summed E-state index contributed by atoms with van der Waals surface area (Å²) in [7, 11) is 1.79. The highest BCUT2D eigenvalue weighted by Crippen LogP contribution is 2.19. The van der Waals surface area contributed by atoms with Crippen LogP contribution < -0.4 is 5.32 Å². The van der Waals surface area contributed by atoms with Crippen LogP contribution in [0.3, 0.4) is 0 Å². The SMILES string of the molecule is CC(C)C[C@@H](C)N(C)C(=O)CNC(=O)c1ccc(-c2ccccc2)cc1. The van der Waals surface area contributed by atoms with Crippen molar-refractivity contribution in [3.05, 3.63) is 60.2 Å². The molecule has 0 aliphatic rings. The van der Waals surface area contributed by atoms with Crippen LogP contribution in [0.4, 0.5) is 0 Å². The van der Waals surface area contributed by atoms with Crippen molar-refractivity contribution < 1.29 is 9.59 Å². The van der Waals surface area contributed by atoms with Gasteiger partial charge >= 0.3 is 0 Å². The Hall–Kier alpha value is -2.62. The van der Waals surface area contributed by atoms with Gasteiger partial charge in [-0.15, -0.1) is 0 Å². The number of nitrogens with zero attached hydrogens (tertiary/aromatic N) is 1. The van der Waals surface area contributed by atoms with Gasteiger partial charge in [-0.3, -0.25) is 9.59 Å². The molecule has 2 aromatic carbocycles. The first-order valence-electron chi connectivity index (χ1n) is 9.07. The van der Waals surface area contributed by atoms with Crippen molar-refractivity contribution in [3.63, 3.8) is 0 Å². The molecule has 0 aromatic heterocycles. The highest BCUT2D eigenvalue weighted by Gasteiger charge is 2.17. The van der Waals surface area contributed by atoms with E-state index in [0.29, 0.717) is 11.5 Å². The standard InChI is InChI=1S/C22H28N2O2/c1-16(2)14-17(3)24(4)21(25)15-23-22(26)20-12-10-19(11-13-20)18-8-6-5-7-9-18/h5-13,16-17H,14-15H2,1-4H3,(H,23,26)/t17-/m1/s1. The van der Waals surface area contributed by atoms with Crippen LogP contribution in [-0.2, 0) is 4.79 Å². The van der Waals surface area contributed by atoms with Crippen molar-refractivity contribution in [2.75, 3.05) is 13.6 Å². The molecule has 0 fully saturated rings. The predicted molar refractivity (Wildman–Crippen MR) is 106 cm³/mol. The molecule has 138 valence electrons. The van der Waals surface area contributed by atoms with E-state index in [4.69, 9.17) is 0 Å². The van der Waals surface area contributed by atoms with Gasteiger partial charge in [-0.1, -0.05) is 56.3 Å². The predicted octanol–water partition coefficient (Wildman–Crippen LogP) is 3.98. The molecule has 4 nitrogen and oxygen atoms in total. The van der Waals surface area contributed by atoms with Gasteiger partial charge in [0.05, 0.1) is 6.54 Å². The van der Waals surface area contributed by atoms with E-state index in [1.54, 1.807) is 24.1 Å². The fraction of sp³-hybridized carbons (Fsp3) is 0.364. The summed E-state index contributed by atoms with van der Waals surface area (Å²) >= 11 is 0. The molecule has 0 bridgehead atoms. The summed E-state index contributed by atoms with van der Waals surface area (Å²) in [5.74, 6) is 0.216. The summed E-state index contributed by atoms with van der Waals surface area (Å²) in [6.45, 7) is 6.31. The maximum atomic E-state index is 12.3. The quantitative estimate of drug-likeness (QED) is 0.819. The smallest absolute Gasteiger partial charge is 0.251 e. The normalized spacial score (nSPS) is 11.9. The zero-order valence-corrected chi connectivity index (χ0v) is 16.0. The van der Waals surface area contributed by atoms with Gasteiger partial charge in [0.2, 0.25) is 5.91 Å². The third-order valence-corrected chi connectivity index (χ3v) is 4.52. The third-order valence-electron chi connectivity index (χ3n) is 4.52. The Balaban J connectivity index is 1.90. The summed E-state index contributed by atoms with van der Waals surface area (Å²) in [4.78, 5) is 26.2. The number of hydrogen-bond acceptors (Lipinski definition) is 2. The fourth-order valence-electron chi connectivity index (χ4n) is 2.91. The number of amides is 2. The van der Waals surface area contributed by atoms with Crippen LogP contribution in [0.25, 0.3) is 11.1 Å². The van der Waals surface area contributed by atoms with Crippen molar-refractivity contribution in [3.8, 4) is 11.1 Å². The van der Waals surface area contributed by atoms with Crippen LogP contribution in [0.5, 0.6) is 0 Å².